The van der Waals surface area contributed by atoms with E-state index in [-0.39, 0.29) is 0 Å². The van der Waals surface area contributed by atoms with E-state index < -0.39 is 0 Å². The highest BCUT2D eigenvalue weighted by molar-refractivity contribution is 4.51. The Morgan fingerprint density at radius 3 is 2.38 bits per heavy atom. The van der Waals surface area contributed by atoms with Crippen LogP contribution in [0.5, 0.6) is 0 Å². The van der Waals surface area contributed by atoms with E-state index in [4.69, 9.17) is 9.47 Å². The SMILES string of the molecule is COCCOCC[N+]1(C)CCCC1. The predicted octanol–water partition coefficient (Wildman–Crippen LogP) is 0.890. The van der Waals surface area contributed by atoms with Gasteiger partial charge in [-0.05, 0) is 0 Å². The number of hydrogen-bond acceptors (Lipinski definition) is 2. The largest absolute Gasteiger partial charge is 0.382 e. The molecule has 0 aromatic carbocycles. The molecule has 0 aromatic rings. The van der Waals surface area contributed by atoms with E-state index in [0.29, 0.717) is 6.61 Å². The van der Waals surface area contributed by atoms with Gasteiger partial charge in [0.25, 0.3) is 0 Å². The van der Waals surface area contributed by atoms with Crippen molar-refractivity contribution in [1.82, 2.24) is 0 Å². The molecule has 1 rings (SSSR count). The molecule has 3 nitrogen and oxygen atoms in total. The van der Waals surface area contributed by atoms with E-state index in [2.05, 4.69) is 7.05 Å². The predicted molar refractivity (Wildman–Crippen MR) is 52.7 cm³/mol. The molecule has 0 bridgehead atoms. The van der Waals surface area contributed by atoms with Crippen LogP contribution in [-0.4, -0.2) is 58.1 Å². The summed E-state index contributed by atoms with van der Waals surface area (Å²) in [6.07, 6.45) is 2.77. The number of quaternary nitrogens is 1. The van der Waals surface area contributed by atoms with Gasteiger partial charge in [0.2, 0.25) is 0 Å². The lowest BCUT2D eigenvalue weighted by molar-refractivity contribution is -0.898. The molecular formula is C10H22NO2+. The lowest BCUT2D eigenvalue weighted by Crippen LogP contribution is -2.43. The van der Waals surface area contributed by atoms with Crippen LogP contribution >= 0.6 is 0 Å². The maximum absolute atomic E-state index is 5.46. The molecule has 0 saturated carbocycles. The normalized spacial score (nSPS) is 20.8. The molecule has 0 amide bonds. The summed E-state index contributed by atoms with van der Waals surface area (Å²) in [7, 11) is 4.03. The summed E-state index contributed by atoms with van der Waals surface area (Å²) in [5.74, 6) is 0. The van der Waals surface area contributed by atoms with E-state index in [1.165, 1.54) is 30.4 Å². The standard InChI is InChI=1S/C10H22NO2/c1-11(5-3-4-6-11)7-8-13-10-9-12-2/h3-10H2,1-2H3/q+1. The first kappa shape index (κ1) is 11.0. The van der Waals surface area contributed by atoms with Crippen LogP contribution in [0.25, 0.3) is 0 Å². The van der Waals surface area contributed by atoms with Crippen molar-refractivity contribution in [1.29, 1.82) is 0 Å². The van der Waals surface area contributed by atoms with E-state index in [9.17, 15) is 0 Å². The minimum atomic E-state index is 0.712. The molecule has 78 valence electrons. The van der Waals surface area contributed by atoms with Gasteiger partial charge in [0, 0.05) is 20.0 Å². The quantitative estimate of drug-likeness (QED) is 0.455. The van der Waals surface area contributed by atoms with Crippen molar-refractivity contribution in [3.63, 3.8) is 0 Å². The third kappa shape index (κ3) is 4.07. The Labute approximate surface area is 81.2 Å². The van der Waals surface area contributed by atoms with Crippen LogP contribution in [0.1, 0.15) is 12.8 Å². The molecule has 0 spiro atoms. The number of ether oxygens (including phenoxy) is 2. The second-order valence-corrected chi connectivity index (χ2v) is 4.10. The fraction of sp³-hybridized carbons (Fsp3) is 1.00. The number of rotatable bonds is 6. The molecular weight excluding hydrogens is 166 g/mol. The summed E-state index contributed by atoms with van der Waals surface area (Å²) in [4.78, 5) is 0. The van der Waals surface area contributed by atoms with Gasteiger partial charge in [-0.2, -0.15) is 0 Å². The van der Waals surface area contributed by atoms with E-state index >= 15 is 0 Å². The number of methoxy groups -OCH3 is 1. The van der Waals surface area contributed by atoms with Crippen LogP contribution in [0.3, 0.4) is 0 Å². The number of likely N-dealkylation sites (tertiary alicyclic amines) is 1. The van der Waals surface area contributed by atoms with Gasteiger partial charge in [0.15, 0.2) is 0 Å². The molecule has 13 heavy (non-hydrogen) atoms. The third-order valence-corrected chi connectivity index (χ3v) is 2.85. The number of hydrogen-bond donors (Lipinski definition) is 0. The molecule has 0 unspecified atom stereocenters. The van der Waals surface area contributed by atoms with Crippen LogP contribution in [0.15, 0.2) is 0 Å². The van der Waals surface area contributed by atoms with Crippen molar-refractivity contribution in [2.45, 2.75) is 12.8 Å². The minimum Gasteiger partial charge on any atom is -0.382 e. The van der Waals surface area contributed by atoms with Crippen molar-refractivity contribution >= 4 is 0 Å². The smallest absolute Gasteiger partial charge is 0.102 e. The van der Waals surface area contributed by atoms with Crippen molar-refractivity contribution in [2.75, 3.05) is 53.6 Å². The summed E-state index contributed by atoms with van der Waals surface area (Å²) in [5.41, 5.74) is 0. The average Bonchev–Trinajstić information content (AvgIpc) is 2.53. The maximum atomic E-state index is 5.46. The molecule has 1 fully saturated rings. The van der Waals surface area contributed by atoms with Crippen LogP contribution in [-0.2, 0) is 9.47 Å². The van der Waals surface area contributed by atoms with Crippen LogP contribution < -0.4 is 0 Å². The van der Waals surface area contributed by atoms with Gasteiger partial charge >= 0.3 is 0 Å². The first-order valence-electron chi connectivity index (χ1n) is 5.17. The van der Waals surface area contributed by atoms with Gasteiger partial charge in [-0.3, -0.25) is 0 Å². The van der Waals surface area contributed by atoms with Crippen molar-refractivity contribution in [2.24, 2.45) is 0 Å². The van der Waals surface area contributed by atoms with Gasteiger partial charge in [0.05, 0.1) is 40.0 Å². The zero-order chi connectivity index (χ0) is 9.57. The van der Waals surface area contributed by atoms with Gasteiger partial charge in [-0.15, -0.1) is 0 Å². The molecule has 0 aromatic heterocycles. The first-order valence-corrected chi connectivity index (χ1v) is 5.17. The highest BCUT2D eigenvalue weighted by Gasteiger charge is 2.25. The Morgan fingerprint density at radius 1 is 1.08 bits per heavy atom. The molecule has 0 N–H and O–H groups in total. The molecule has 0 radical (unpaired) electrons. The summed E-state index contributed by atoms with van der Waals surface area (Å²) < 4.78 is 11.6. The minimum absolute atomic E-state index is 0.712. The fourth-order valence-corrected chi connectivity index (χ4v) is 1.85. The summed E-state index contributed by atoms with van der Waals surface area (Å²) in [6.45, 7) is 6.13. The Balaban J connectivity index is 1.98. The molecule has 1 heterocycles. The molecule has 1 saturated heterocycles. The zero-order valence-electron chi connectivity index (χ0n) is 8.92. The zero-order valence-corrected chi connectivity index (χ0v) is 8.92. The van der Waals surface area contributed by atoms with E-state index in [1.807, 2.05) is 0 Å². The summed E-state index contributed by atoms with van der Waals surface area (Å²) in [6, 6.07) is 0. The third-order valence-electron chi connectivity index (χ3n) is 2.85. The van der Waals surface area contributed by atoms with Gasteiger partial charge in [-0.1, -0.05) is 0 Å². The topological polar surface area (TPSA) is 18.5 Å². The van der Waals surface area contributed by atoms with Crippen molar-refractivity contribution in [3.8, 4) is 0 Å². The second-order valence-electron chi connectivity index (χ2n) is 4.10. The van der Waals surface area contributed by atoms with E-state index in [0.717, 1.165) is 19.8 Å². The molecule has 1 aliphatic rings. The first-order chi connectivity index (χ1) is 6.27. The lowest BCUT2D eigenvalue weighted by Gasteiger charge is -2.28. The Morgan fingerprint density at radius 2 is 1.77 bits per heavy atom. The molecule has 0 aliphatic carbocycles. The van der Waals surface area contributed by atoms with E-state index in [1.54, 1.807) is 7.11 Å². The Kier molecular flexibility index (Phi) is 4.70. The summed E-state index contributed by atoms with van der Waals surface area (Å²) in [5, 5.41) is 0. The van der Waals surface area contributed by atoms with Gasteiger partial charge in [0.1, 0.15) is 6.54 Å². The van der Waals surface area contributed by atoms with Gasteiger partial charge < -0.3 is 14.0 Å². The highest BCUT2D eigenvalue weighted by Crippen LogP contribution is 2.15. The monoisotopic (exact) mass is 188 g/mol. The Hall–Kier alpha value is -0.120. The average molecular weight is 188 g/mol. The number of likely N-dealkylation sites (N-methyl/N-ethyl adjacent to an activating group) is 1. The molecule has 1 aliphatic heterocycles. The fourth-order valence-electron chi connectivity index (χ4n) is 1.85. The molecule has 0 atom stereocenters. The van der Waals surface area contributed by atoms with Gasteiger partial charge in [-0.25, -0.2) is 0 Å². The Bertz CT molecular complexity index is 133. The highest BCUT2D eigenvalue weighted by atomic mass is 16.5. The molecule has 3 heteroatoms. The van der Waals surface area contributed by atoms with Crippen LogP contribution in [0.2, 0.25) is 0 Å². The van der Waals surface area contributed by atoms with Crippen molar-refractivity contribution in [3.05, 3.63) is 0 Å². The van der Waals surface area contributed by atoms with Crippen molar-refractivity contribution < 1.29 is 14.0 Å². The summed E-state index contributed by atoms with van der Waals surface area (Å²) >= 11 is 0. The maximum Gasteiger partial charge on any atom is 0.102 e. The second kappa shape index (κ2) is 5.58. The van der Waals surface area contributed by atoms with Crippen LogP contribution in [0.4, 0.5) is 0 Å². The lowest BCUT2D eigenvalue weighted by atomic mass is 10.4. The van der Waals surface area contributed by atoms with Crippen LogP contribution in [0, 0.1) is 0 Å². The number of nitrogens with zero attached hydrogens (tertiary/aromatic N) is 1.